The molecule has 0 aliphatic carbocycles. The van der Waals surface area contributed by atoms with Gasteiger partial charge in [0.15, 0.2) is 0 Å². The number of hydrogen-bond acceptors (Lipinski definition) is 4. The van der Waals surface area contributed by atoms with Crippen molar-refractivity contribution in [3.8, 4) is 11.4 Å². The number of phenols is 1. The van der Waals surface area contributed by atoms with E-state index in [1.54, 1.807) is 12.1 Å². The number of carbonyl (C=O) groups excluding carboxylic acids is 1. The summed E-state index contributed by atoms with van der Waals surface area (Å²) in [6, 6.07) is 8.58. The fourth-order valence-corrected chi connectivity index (χ4v) is 1.36. The van der Waals surface area contributed by atoms with Crippen LogP contribution in [0.5, 0.6) is 5.75 Å². The highest BCUT2D eigenvalue weighted by molar-refractivity contribution is 5.90. The first-order valence-electron chi connectivity index (χ1n) is 4.78. The summed E-state index contributed by atoms with van der Waals surface area (Å²) in [7, 11) is 0. The molecule has 1 heterocycles. The molecule has 0 saturated carbocycles. The molecule has 0 spiro atoms. The number of aromatic nitrogens is 2. The van der Waals surface area contributed by atoms with Crippen LogP contribution in [0.4, 0.5) is 0 Å². The maximum atomic E-state index is 11.6. The molecule has 2 rings (SSSR count). The van der Waals surface area contributed by atoms with E-state index in [4.69, 9.17) is 5.73 Å². The van der Waals surface area contributed by atoms with Crippen LogP contribution in [0.3, 0.4) is 0 Å². The number of nitrogens with zero attached hydrogens (tertiary/aromatic N) is 2. The molecular weight excluding hydrogens is 222 g/mol. The molecule has 2 aromatic rings. The molecule has 1 aromatic heterocycles. The minimum Gasteiger partial charge on any atom is -0.506 e. The maximum absolute atomic E-state index is 11.6. The second kappa shape index (κ2) is 4.09. The van der Waals surface area contributed by atoms with Gasteiger partial charge in [0.1, 0.15) is 17.1 Å². The van der Waals surface area contributed by atoms with Gasteiger partial charge in [-0.3, -0.25) is 9.59 Å². The number of rotatable bonds is 2. The number of primary amides is 1. The Morgan fingerprint density at radius 3 is 2.59 bits per heavy atom. The highest BCUT2D eigenvalue weighted by Crippen LogP contribution is 2.17. The van der Waals surface area contributed by atoms with Gasteiger partial charge in [-0.1, -0.05) is 12.1 Å². The molecule has 6 heteroatoms. The third-order valence-corrected chi connectivity index (χ3v) is 2.16. The quantitative estimate of drug-likeness (QED) is 0.762. The second-order valence-electron chi connectivity index (χ2n) is 3.32. The van der Waals surface area contributed by atoms with Crippen LogP contribution >= 0.6 is 0 Å². The summed E-state index contributed by atoms with van der Waals surface area (Å²) < 4.78 is 0.926. The number of hydrogen-bond donors (Lipinski definition) is 2. The Balaban J connectivity index is 2.67. The Morgan fingerprint density at radius 2 is 1.94 bits per heavy atom. The minimum absolute atomic E-state index is 0.0483. The van der Waals surface area contributed by atoms with E-state index in [1.807, 2.05) is 0 Å². The number of aromatic hydroxyl groups is 1. The third-order valence-electron chi connectivity index (χ3n) is 2.16. The second-order valence-corrected chi connectivity index (χ2v) is 3.32. The average Bonchev–Trinajstić information content (AvgIpc) is 2.30. The Labute approximate surface area is 95.9 Å². The number of benzene rings is 1. The lowest BCUT2D eigenvalue weighted by atomic mass is 10.3. The van der Waals surface area contributed by atoms with Gasteiger partial charge in [0.25, 0.3) is 11.5 Å². The van der Waals surface area contributed by atoms with E-state index in [9.17, 15) is 14.7 Å². The zero-order valence-corrected chi connectivity index (χ0v) is 8.70. The predicted molar refractivity (Wildman–Crippen MR) is 60.0 cm³/mol. The third kappa shape index (κ3) is 2.00. The number of nitrogens with two attached hydrogens (primary N) is 1. The number of phenolic OH excluding ortho intramolecular Hbond substituents is 1. The standard InChI is InChI=1S/C11H9N3O3/c12-11(17)7-5-6-10(16)14(13-7)8-3-1-2-4-9(8)15/h1-6,15H,(H2,12,17). The van der Waals surface area contributed by atoms with Gasteiger partial charge in [0.2, 0.25) is 0 Å². The topological polar surface area (TPSA) is 98.2 Å². The summed E-state index contributed by atoms with van der Waals surface area (Å²) in [5, 5.41) is 13.4. The Kier molecular flexibility index (Phi) is 2.61. The van der Waals surface area contributed by atoms with Gasteiger partial charge in [0, 0.05) is 6.07 Å². The van der Waals surface area contributed by atoms with Crippen LogP contribution in [-0.2, 0) is 0 Å². The normalized spacial score (nSPS) is 10.1. The summed E-state index contributed by atoms with van der Waals surface area (Å²) in [4.78, 5) is 22.5. The van der Waals surface area contributed by atoms with Crippen LogP contribution in [0.2, 0.25) is 0 Å². The van der Waals surface area contributed by atoms with Crippen LogP contribution in [0.15, 0.2) is 41.2 Å². The van der Waals surface area contributed by atoms with Crippen LogP contribution in [0.25, 0.3) is 5.69 Å². The summed E-state index contributed by atoms with van der Waals surface area (Å²) in [6.45, 7) is 0. The molecule has 1 amide bonds. The fraction of sp³-hybridized carbons (Fsp3) is 0. The van der Waals surface area contributed by atoms with Crippen molar-refractivity contribution in [1.82, 2.24) is 9.78 Å². The molecule has 3 N–H and O–H groups in total. The Hall–Kier alpha value is -2.63. The van der Waals surface area contributed by atoms with Crippen LogP contribution in [0.1, 0.15) is 10.5 Å². The first kappa shape index (κ1) is 10.9. The Morgan fingerprint density at radius 1 is 1.24 bits per heavy atom. The van der Waals surface area contributed by atoms with E-state index in [0.717, 1.165) is 4.68 Å². The van der Waals surface area contributed by atoms with Gasteiger partial charge < -0.3 is 10.8 Å². The highest BCUT2D eigenvalue weighted by atomic mass is 16.3. The lowest BCUT2D eigenvalue weighted by Gasteiger charge is -2.06. The predicted octanol–water partition coefficient (Wildman–Crippen LogP) is 0.0370. The lowest BCUT2D eigenvalue weighted by Crippen LogP contribution is -2.25. The molecule has 0 radical (unpaired) electrons. The van der Waals surface area contributed by atoms with Gasteiger partial charge in [-0.15, -0.1) is 0 Å². The van der Waals surface area contributed by atoms with Gasteiger partial charge in [-0.25, -0.2) is 0 Å². The van der Waals surface area contributed by atoms with Crippen molar-refractivity contribution in [2.24, 2.45) is 5.73 Å². The van der Waals surface area contributed by atoms with Gasteiger partial charge >= 0.3 is 0 Å². The smallest absolute Gasteiger partial charge is 0.271 e. The number of para-hydroxylation sites is 2. The molecule has 6 nitrogen and oxygen atoms in total. The molecule has 17 heavy (non-hydrogen) atoms. The van der Waals surface area contributed by atoms with E-state index in [0.29, 0.717) is 0 Å². The highest BCUT2D eigenvalue weighted by Gasteiger charge is 2.09. The van der Waals surface area contributed by atoms with Crippen LogP contribution in [-0.4, -0.2) is 20.8 Å². The SMILES string of the molecule is NC(=O)c1ccc(=O)n(-c2ccccc2O)n1. The molecular formula is C11H9N3O3. The van der Waals surface area contributed by atoms with Crippen LogP contribution < -0.4 is 11.3 Å². The van der Waals surface area contributed by atoms with E-state index in [-0.39, 0.29) is 17.1 Å². The van der Waals surface area contributed by atoms with Gasteiger partial charge in [0.05, 0.1) is 0 Å². The first-order valence-corrected chi connectivity index (χ1v) is 4.78. The minimum atomic E-state index is -0.742. The van der Waals surface area contributed by atoms with Gasteiger partial charge in [-0.2, -0.15) is 9.78 Å². The monoisotopic (exact) mass is 231 g/mol. The largest absolute Gasteiger partial charge is 0.506 e. The molecule has 0 aliphatic heterocycles. The zero-order chi connectivity index (χ0) is 12.4. The van der Waals surface area contributed by atoms with Crippen molar-refractivity contribution in [2.45, 2.75) is 0 Å². The van der Waals surface area contributed by atoms with Gasteiger partial charge in [-0.05, 0) is 18.2 Å². The molecule has 0 unspecified atom stereocenters. The van der Waals surface area contributed by atoms with Crippen molar-refractivity contribution >= 4 is 5.91 Å². The summed E-state index contributed by atoms with van der Waals surface area (Å²) in [6.07, 6.45) is 0. The zero-order valence-electron chi connectivity index (χ0n) is 8.70. The Bertz CT molecular complexity index is 634. The van der Waals surface area contributed by atoms with Crippen molar-refractivity contribution in [3.63, 3.8) is 0 Å². The first-order chi connectivity index (χ1) is 8.09. The number of amides is 1. The molecule has 0 saturated heterocycles. The molecule has 0 bridgehead atoms. The van der Waals surface area contributed by atoms with E-state index in [1.165, 1.54) is 24.3 Å². The average molecular weight is 231 g/mol. The summed E-state index contributed by atoms with van der Waals surface area (Å²) >= 11 is 0. The molecule has 86 valence electrons. The fourth-order valence-electron chi connectivity index (χ4n) is 1.36. The van der Waals surface area contributed by atoms with Crippen molar-refractivity contribution in [3.05, 3.63) is 52.4 Å². The van der Waals surface area contributed by atoms with Crippen molar-refractivity contribution < 1.29 is 9.90 Å². The van der Waals surface area contributed by atoms with E-state index < -0.39 is 11.5 Å². The van der Waals surface area contributed by atoms with Crippen LogP contribution in [0, 0.1) is 0 Å². The number of carbonyl (C=O) groups is 1. The van der Waals surface area contributed by atoms with Crippen molar-refractivity contribution in [2.75, 3.05) is 0 Å². The van der Waals surface area contributed by atoms with E-state index in [2.05, 4.69) is 5.10 Å². The summed E-state index contributed by atoms with van der Waals surface area (Å²) in [5.74, 6) is -0.849. The molecule has 0 aliphatic rings. The molecule has 1 aromatic carbocycles. The summed E-state index contributed by atoms with van der Waals surface area (Å²) in [5.41, 5.74) is 4.75. The molecule has 0 atom stereocenters. The maximum Gasteiger partial charge on any atom is 0.271 e. The molecule has 0 fully saturated rings. The van der Waals surface area contributed by atoms with E-state index >= 15 is 0 Å². The van der Waals surface area contributed by atoms with Crippen molar-refractivity contribution in [1.29, 1.82) is 0 Å². The lowest BCUT2D eigenvalue weighted by molar-refractivity contribution is 0.0994.